The zero-order chi connectivity index (χ0) is 6.57. The Kier molecular flexibility index (Phi) is 3.91. The fourth-order valence-corrected chi connectivity index (χ4v) is 0.0962. The van der Waals surface area contributed by atoms with E-state index in [1.807, 2.05) is 0 Å². The van der Waals surface area contributed by atoms with Gasteiger partial charge in [-0.15, -0.1) is 9.79 Å². The molecule has 4 N–H and O–H groups in total. The molecule has 1 fully saturated rings. The van der Waals surface area contributed by atoms with Gasteiger partial charge in [0.05, 0.1) is 0 Å². The Morgan fingerprint density at radius 3 is 1.62 bits per heavy atom. The molecule has 1 rings (SSSR count). The molecule has 0 heterocycles. The minimum Gasteiger partial charge on any atom is -0.328 e. The van der Waals surface area contributed by atoms with Crippen LogP contribution >= 0.6 is 8.25 Å². The summed E-state index contributed by atoms with van der Waals surface area (Å²) in [4.78, 5) is 14.2. The van der Waals surface area contributed by atoms with Crippen LogP contribution in [-0.4, -0.2) is 15.8 Å². The predicted octanol–water partition coefficient (Wildman–Crippen LogP) is -0.264. The van der Waals surface area contributed by atoms with Crippen molar-refractivity contribution in [3.63, 3.8) is 0 Å². The van der Waals surface area contributed by atoms with Crippen molar-refractivity contribution in [3.05, 3.63) is 0 Å². The Hall–Kier alpha value is -0.0200. The first-order chi connectivity index (χ1) is 3.63. The quantitative estimate of drug-likeness (QED) is 0.402. The molecule has 0 atom stereocenters. The molecule has 8 heavy (non-hydrogen) atoms. The minimum atomic E-state index is -2.87. The molecule has 0 radical (unpaired) electrons. The molecular formula is C3H9NO3P+. The Balaban J connectivity index is 0.000000122. The molecule has 0 saturated heterocycles. The van der Waals surface area contributed by atoms with Gasteiger partial charge in [0.15, 0.2) is 0 Å². The van der Waals surface area contributed by atoms with E-state index in [-0.39, 0.29) is 0 Å². The molecule has 0 bridgehead atoms. The molecule has 1 aliphatic rings. The molecule has 0 unspecified atom stereocenters. The lowest BCUT2D eigenvalue weighted by Crippen LogP contribution is -1.94. The molecule has 0 amide bonds. The van der Waals surface area contributed by atoms with Crippen molar-refractivity contribution in [2.75, 3.05) is 0 Å². The smallest absolute Gasteiger partial charge is 0.328 e. The molecule has 0 aliphatic heterocycles. The minimum absolute atomic E-state index is 0.583. The highest BCUT2D eigenvalue weighted by atomic mass is 31.1. The van der Waals surface area contributed by atoms with E-state index in [0.717, 1.165) is 0 Å². The highest BCUT2D eigenvalue weighted by Crippen LogP contribution is 2.13. The average Bonchev–Trinajstić information content (AvgIpc) is 2.19. The van der Waals surface area contributed by atoms with Crippen molar-refractivity contribution in [1.29, 1.82) is 0 Å². The lowest BCUT2D eigenvalue weighted by atomic mass is 10.8. The summed E-state index contributed by atoms with van der Waals surface area (Å²) in [5.41, 5.74) is 5.22. The monoisotopic (exact) mass is 138 g/mol. The summed E-state index contributed by atoms with van der Waals surface area (Å²) < 4.78 is 8.70. The van der Waals surface area contributed by atoms with Crippen molar-refractivity contribution in [2.45, 2.75) is 18.9 Å². The zero-order valence-electron chi connectivity index (χ0n) is 4.32. The molecule has 0 spiro atoms. The third-order valence-electron chi connectivity index (χ3n) is 0.622. The molecular weight excluding hydrogens is 129 g/mol. The number of nitrogens with two attached hydrogens (primary N) is 1. The van der Waals surface area contributed by atoms with Crippen LogP contribution in [0.1, 0.15) is 12.8 Å². The van der Waals surface area contributed by atoms with Gasteiger partial charge in [-0.1, -0.05) is 0 Å². The predicted molar refractivity (Wildman–Crippen MR) is 29.3 cm³/mol. The Morgan fingerprint density at radius 1 is 1.50 bits per heavy atom. The summed E-state index contributed by atoms with van der Waals surface area (Å²) in [5.74, 6) is 0. The van der Waals surface area contributed by atoms with E-state index < -0.39 is 8.25 Å². The van der Waals surface area contributed by atoms with Crippen LogP contribution in [0.5, 0.6) is 0 Å². The van der Waals surface area contributed by atoms with Crippen LogP contribution in [0.15, 0.2) is 0 Å². The van der Waals surface area contributed by atoms with Gasteiger partial charge in [-0.05, 0) is 12.8 Å². The first-order valence-electron chi connectivity index (χ1n) is 2.23. The van der Waals surface area contributed by atoms with Gasteiger partial charge in [0.25, 0.3) is 0 Å². The second kappa shape index (κ2) is 3.92. The van der Waals surface area contributed by atoms with Crippen LogP contribution in [0.2, 0.25) is 0 Å². The molecule has 4 nitrogen and oxygen atoms in total. The van der Waals surface area contributed by atoms with Gasteiger partial charge in [0.1, 0.15) is 0 Å². The zero-order valence-corrected chi connectivity index (χ0v) is 5.21. The third-order valence-corrected chi connectivity index (χ3v) is 0.622. The topological polar surface area (TPSA) is 83.6 Å². The number of hydrogen-bond donors (Lipinski definition) is 3. The van der Waals surface area contributed by atoms with Crippen molar-refractivity contribution in [2.24, 2.45) is 5.73 Å². The van der Waals surface area contributed by atoms with Crippen molar-refractivity contribution < 1.29 is 14.4 Å². The summed E-state index contributed by atoms with van der Waals surface area (Å²) in [5, 5.41) is 0. The fourth-order valence-electron chi connectivity index (χ4n) is 0.0962. The first-order valence-corrected chi connectivity index (χ1v) is 3.40. The Bertz CT molecular complexity index is 78.6. The standard InChI is InChI=1S/C3H7N.HO3P/c4-3-1-2-3;1-4(2)3/h3H,1-2,4H2;(H-,1,2,3)/p+1. The first kappa shape index (κ1) is 7.98. The molecule has 1 saturated carbocycles. The lowest BCUT2D eigenvalue weighted by Gasteiger charge is -1.58. The number of hydrogen-bond acceptors (Lipinski definition) is 2. The van der Waals surface area contributed by atoms with E-state index in [1.54, 1.807) is 0 Å². The van der Waals surface area contributed by atoms with Crippen LogP contribution < -0.4 is 5.73 Å². The van der Waals surface area contributed by atoms with E-state index in [1.165, 1.54) is 12.8 Å². The van der Waals surface area contributed by atoms with E-state index >= 15 is 0 Å². The lowest BCUT2D eigenvalue weighted by molar-refractivity contribution is 0.405. The van der Waals surface area contributed by atoms with Gasteiger partial charge in [-0.25, -0.2) is 0 Å². The maximum Gasteiger partial charge on any atom is 0.692 e. The van der Waals surface area contributed by atoms with Crippen LogP contribution in [0.3, 0.4) is 0 Å². The van der Waals surface area contributed by atoms with E-state index in [9.17, 15) is 0 Å². The molecule has 0 aromatic heterocycles. The largest absolute Gasteiger partial charge is 0.692 e. The summed E-state index contributed by atoms with van der Waals surface area (Å²) in [6.45, 7) is 0. The maximum atomic E-state index is 8.70. The van der Waals surface area contributed by atoms with Crippen molar-refractivity contribution >= 4 is 8.25 Å². The molecule has 0 aromatic rings. The highest BCUT2D eigenvalue weighted by molar-refractivity contribution is 7.30. The van der Waals surface area contributed by atoms with Gasteiger partial charge in [0, 0.05) is 10.6 Å². The Labute approximate surface area is 48.3 Å². The van der Waals surface area contributed by atoms with Gasteiger partial charge in [-0.2, -0.15) is 0 Å². The highest BCUT2D eigenvalue weighted by Gasteiger charge is 2.13. The molecule has 1 aliphatic carbocycles. The Morgan fingerprint density at radius 2 is 1.62 bits per heavy atom. The van der Waals surface area contributed by atoms with Crippen LogP contribution in [0.4, 0.5) is 0 Å². The molecule has 5 heteroatoms. The van der Waals surface area contributed by atoms with E-state index in [0.29, 0.717) is 6.04 Å². The summed E-state index contributed by atoms with van der Waals surface area (Å²) in [6, 6.07) is 0.583. The summed E-state index contributed by atoms with van der Waals surface area (Å²) in [7, 11) is -2.87. The maximum absolute atomic E-state index is 8.70. The van der Waals surface area contributed by atoms with Gasteiger partial charge in [-0.3, -0.25) is 0 Å². The third kappa shape index (κ3) is 16.7. The van der Waals surface area contributed by atoms with Gasteiger partial charge in [0.2, 0.25) is 0 Å². The van der Waals surface area contributed by atoms with E-state index in [4.69, 9.17) is 20.1 Å². The number of rotatable bonds is 0. The molecule has 48 valence electrons. The summed E-state index contributed by atoms with van der Waals surface area (Å²) >= 11 is 0. The van der Waals surface area contributed by atoms with Gasteiger partial charge >= 0.3 is 8.25 Å². The average molecular weight is 138 g/mol. The normalized spacial score (nSPS) is 16.4. The second-order valence-corrected chi connectivity index (χ2v) is 2.10. The van der Waals surface area contributed by atoms with Crippen molar-refractivity contribution in [1.82, 2.24) is 0 Å². The van der Waals surface area contributed by atoms with Gasteiger partial charge < -0.3 is 5.73 Å². The second-order valence-electron chi connectivity index (χ2n) is 1.59. The molecule has 0 aromatic carbocycles. The SMILES string of the molecule is NC1CC1.O=[P+](O)O. The van der Waals surface area contributed by atoms with Crippen molar-refractivity contribution in [3.8, 4) is 0 Å². The fraction of sp³-hybridized carbons (Fsp3) is 1.00. The van der Waals surface area contributed by atoms with Crippen LogP contribution in [0.25, 0.3) is 0 Å². The summed E-state index contributed by atoms with van der Waals surface area (Å²) in [6.07, 6.45) is 2.53. The van der Waals surface area contributed by atoms with Crippen LogP contribution in [0, 0.1) is 0 Å². The van der Waals surface area contributed by atoms with E-state index in [2.05, 4.69) is 0 Å². The van der Waals surface area contributed by atoms with Crippen LogP contribution in [-0.2, 0) is 4.57 Å².